The molecular formula is C12H10FNO. The Kier molecular flexibility index (Phi) is 1.75. The molecule has 0 radical (unpaired) electrons. The van der Waals surface area contributed by atoms with Gasteiger partial charge in [0.15, 0.2) is 5.78 Å². The molecule has 1 aliphatic carbocycles. The summed E-state index contributed by atoms with van der Waals surface area (Å²) < 4.78 is 13.1. The SMILES string of the molecule is O=C1C=Nc2ccc(F)cc2C2CC[C@H]12. The fraction of sp³-hybridized carbons (Fsp3) is 0.333. The van der Waals surface area contributed by atoms with E-state index in [2.05, 4.69) is 4.99 Å². The first-order chi connectivity index (χ1) is 7.25. The predicted octanol–water partition coefficient (Wildman–Crippen LogP) is 2.60. The number of rotatable bonds is 0. The molecule has 1 saturated carbocycles. The van der Waals surface area contributed by atoms with Crippen LogP contribution in [0.15, 0.2) is 23.2 Å². The van der Waals surface area contributed by atoms with Crippen LogP contribution in [0.4, 0.5) is 10.1 Å². The van der Waals surface area contributed by atoms with Gasteiger partial charge in [0, 0.05) is 5.92 Å². The summed E-state index contributed by atoms with van der Waals surface area (Å²) >= 11 is 0. The summed E-state index contributed by atoms with van der Waals surface area (Å²) in [7, 11) is 0. The molecule has 0 spiro atoms. The number of aliphatic imine (C=N–C) groups is 1. The molecule has 2 atom stereocenters. The molecule has 1 unspecified atom stereocenters. The van der Waals surface area contributed by atoms with Crippen LogP contribution in [-0.2, 0) is 4.79 Å². The minimum atomic E-state index is -0.246. The number of ketones is 1. The molecule has 0 bridgehead atoms. The minimum Gasteiger partial charge on any atom is -0.293 e. The normalized spacial score (nSPS) is 27.7. The van der Waals surface area contributed by atoms with E-state index in [9.17, 15) is 9.18 Å². The third kappa shape index (κ3) is 1.23. The topological polar surface area (TPSA) is 29.4 Å². The summed E-state index contributed by atoms with van der Waals surface area (Å²) in [6.07, 6.45) is 3.27. The van der Waals surface area contributed by atoms with Crippen LogP contribution in [0.3, 0.4) is 0 Å². The molecule has 3 heteroatoms. The molecule has 15 heavy (non-hydrogen) atoms. The lowest BCUT2D eigenvalue weighted by Crippen LogP contribution is -2.30. The minimum absolute atomic E-state index is 0.0387. The molecule has 1 heterocycles. The average molecular weight is 203 g/mol. The van der Waals surface area contributed by atoms with Crippen molar-refractivity contribution >= 4 is 17.7 Å². The van der Waals surface area contributed by atoms with Crippen LogP contribution in [-0.4, -0.2) is 12.0 Å². The van der Waals surface area contributed by atoms with Gasteiger partial charge in [-0.25, -0.2) is 4.39 Å². The van der Waals surface area contributed by atoms with Crippen LogP contribution in [0.1, 0.15) is 24.3 Å². The van der Waals surface area contributed by atoms with E-state index in [4.69, 9.17) is 0 Å². The number of Topliss-reactive ketones (excluding diaryl/α,β-unsaturated/α-hetero) is 1. The molecule has 0 amide bonds. The Morgan fingerprint density at radius 1 is 1.27 bits per heavy atom. The molecule has 0 aromatic heterocycles. The molecule has 2 nitrogen and oxygen atoms in total. The van der Waals surface area contributed by atoms with E-state index in [0.717, 1.165) is 24.1 Å². The van der Waals surface area contributed by atoms with Crippen molar-refractivity contribution in [3.8, 4) is 0 Å². The fourth-order valence-electron chi connectivity index (χ4n) is 2.38. The first-order valence-corrected chi connectivity index (χ1v) is 5.13. The second-order valence-electron chi connectivity index (χ2n) is 4.15. The molecule has 76 valence electrons. The maximum Gasteiger partial charge on any atom is 0.177 e. The summed E-state index contributed by atoms with van der Waals surface area (Å²) in [6.45, 7) is 0. The van der Waals surface area contributed by atoms with Gasteiger partial charge in [0.05, 0.1) is 11.9 Å². The fourth-order valence-corrected chi connectivity index (χ4v) is 2.38. The summed E-state index contributed by atoms with van der Waals surface area (Å²) in [4.78, 5) is 15.7. The summed E-state index contributed by atoms with van der Waals surface area (Å²) in [6, 6.07) is 4.55. The van der Waals surface area contributed by atoms with E-state index in [-0.39, 0.29) is 23.4 Å². The summed E-state index contributed by atoms with van der Waals surface area (Å²) in [5, 5.41) is 0. The van der Waals surface area contributed by atoms with Crippen LogP contribution in [0.25, 0.3) is 0 Å². The summed E-state index contributed by atoms with van der Waals surface area (Å²) in [5.74, 6) is 0.0642. The van der Waals surface area contributed by atoms with E-state index in [1.165, 1.54) is 18.3 Å². The van der Waals surface area contributed by atoms with Crippen molar-refractivity contribution in [3.63, 3.8) is 0 Å². The standard InChI is InChI=1S/C12H10FNO/c13-7-1-4-11-10(5-7)8-2-3-9(8)12(15)6-14-11/h1,4-6,8-9H,2-3H2/t8?,9-/m0/s1. The van der Waals surface area contributed by atoms with Crippen molar-refractivity contribution in [2.75, 3.05) is 0 Å². The van der Waals surface area contributed by atoms with Crippen LogP contribution in [0.5, 0.6) is 0 Å². The smallest absolute Gasteiger partial charge is 0.177 e. The first kappa shape index (κ1) is 8.77. The number of hydrogen-bond donors (Lipinski definition) is 0. The maximum atomic E-state index is 13.1. The number of benzene rings is 1. The van der Waals surface area contributed by atoms with Gasteiger partial charge in [0.25, 0.3) is 0 Å². The van der Waals surface area contributed by atoms with Crippen LogP contribution in [0, 0.1) is 11.7 Å². The highest BCUT2D eigenvalue weighted by Crippen LogP contribution is 2.47. The van der Waals surface area contributed by atoms with E-state index in [1.807, 2.05) is 0 Å². The summed E-state index contributed by atoms with van der Waals surface area (Å²) in [5.41, 5.74) is 1.64. The van der Waals surface area contributed by atoms with Gasteiger partial charge in [0.2, 0.25) is 0 Å². The van der Waals surface area contributed by atoms with E-state index >= 15 is 0 Å². The lowest BCUT2D eigenvalue weighted by molar-refractivity contribution is -0.119. The molecular weight excluding hydrogens is 193 g/mol. The zero-order valence-electron chi connectivity index (χ0n) is 8.11. The molecule has 0 saturated heterocycles. The van der Waals surface area contributed by atoms with Crippen molar-refractivity contribution in [2.45, 2.75) is 18.8 Å². The zero-order valence-corrected chi connectivity index (χ0v) is 8.11. The Morgan fingerprint density at radius 3 is 2.80 bits per heavy atom. The Hall–Kier alpha value is -1.51. The Bertz CT molecular complexity index is 467. The number of hydrogen-bond acceptors (Lipinski definition) is 2. The Labute approximate surface area is 86.8 Å². The van der Waals surface area contributed by atoms with Crippen molar-refractivity contribution < 1.29 is 9.18 Å². The van der Waals surface area contributed by atoms with E-state index in [0.29, 0.717) is 0 Å². The number of carbonyl (C=O) groups excluding carboxylic acids is 1. The van der Waals surface area contributed by atoms with Crippen LogP contribution in [0.2, 0.25) is 0 Å². The number of fused-ring (bicyclic) bond motifs is 3. The number of halogens is 1. The highest BCUT2D eigenvalue weighted by Gasteiger charge is 2.39. The van der Waals surface area contributed by atoms with Crippen LogP contribution < -0.4 is 0 Å². The van der Waals surface area contributed by atoms with Gasteiger partial charge >= 0.3 is 0 Å². The van der Waals surface area contributed by atoms with Crippen molar-refractivity contribution in [2.24, 2.45) is 10.9 Å². The maximum absolute atomic E-state index is 13.1. The Morgan fingerprint density at radius 2 is 2.07 bits per heavy atom. The van der Waals surface area contributed by atoms with Gasteiger partial charge in [0.1, 0.15) is 5.82 Å². The highest BCUT2D eigenvalue weighted by atomic mass is 19.1. The largest absolute Gasteiger partial charge is 0.293 e. The second-order valence-corrected chi connectivity index (χ2v) is 4.15. The van der Waals surface area contributed by atoms with Crippen molar-refractivity contribution in [3.05, 3.63) is 29.6 Å². The quantitative estimate of drug-likeness (QED) is 0.637. The zero-order chi connectivity index (χ0) is 10.4. The number of carbonyl (C=O) groups is 1. The molecule has 0 N–H and O–H groups in total. The molecule has 1 aromatic rings. The lowest BCUT2D eigenvalue weighted by atomic mass is 9.68. The van der Waals surface area contributed by atoms with Gasteiger partial charge < -0.3 is 0 Å². The molecule has 1 aromatic carbocycles. The third-order valence-corrected chi connectivity index (χ3v) is 3.36. The molecule has 1 fully saturated rings. The van der Waals surface area contributed by atoms with Gasteiger partial charge in [-0.1, -0.05) is 0 Å². The average Bonchev–Trinajstić information content (AvgIpc) is 2.22. The van der Waals surface area contributed by atoms with Gasteiger partial charge in [-0.2, -0.15) is 0 Å². The predicted molar refractivity (Wildman–Crippen MR) is 55.0 cm³/mol. The van der Waals surface area contributed by atoms with Gasteiger partial charge in [-0.3, -0.25) is 9.79 Å². The van der Waals surface area contributed by atoms with Gasteiger partial charge in [-0.05, 0) is 42.5 Å². The first-order valence-electron chi connectivity index (χ1n) is 5.13. The van der Waals surface area contributed by atoms with Gasteiger partial charge in [-0.15, -0.1) is 0 Å². The molecule has 3 rings (SSSR count). The van der Waals surface area contributed by atoms with Crippen LogP contribution >= 0.6 is 0 Å². The number of nitrogens with zero attached hydrogens (tertiary/aromatic N) is 1. The van der Waals surface area contributed by atoms with Crippen molar-refractivity contribution in [1.29, 1.82) is 0 Å². The van der Waals surface area contributed by atoms with E-state index in [1.54, 1.807) is 6.07 Å². The van der Waals surface area contributed by atoms with Crippen molar-refractivity contribution in [1.82, 2.24) is 0 Å². The molecule has 2 aliphatic rings. The third-order valence-electron chi connectivity index (χ3n) is 3.36. The highest BCUT2D eigenvalue weighted by molar-refractivity contribution is 6.29. The monoisotopic (exact) mass is 203 g/mol. The Balaban J connectivity index is 2.15. The second kappa shape index (κ2) is 2.99. The lowest BCUT2D eigenvalue weighted by Gasteiger charge is -2.34. The molecule has 1 aliphatic heterocycles. The van der Waals surface area contributed by atoms with E-state index < -0.39 is 0 Å².